The zero-order valence-corrected chi connectivity index (χ0v) is 14.4. The van der Waals surface area contributed by atoms with E-state index in [0.29, 0.717) is 22.3 Å². The molecule has 2 rings (SSSR count). The van der Waals surface area contributed by atoms with Gasteiger partial charge in [-0.1, -0.05) is 23.2 Å². The first kappa shape index (κ1) is 17.2. The molecular weight excluding hydrogens is 357 g/mol. The molecule has 0 aromatic heterocycles. The van der Waals surface area contributed by atoms with Crippen molar-refractivity contribution in [1.29, 1.82) is 0 Å². The fraction of sp³-hybridized carbons (Fsp3) is 0.538. The van der Waals surface area contributed by atoms with Crippen LogP contribution in [0.3, 0.4) is 0 Å². The average Bonchev–Trinajstić information content (AvgIpc) is 2.41. The highest BCUT2D eigenvalue weighted by Crippen LogP contribution is 2.28. The summed E-state index contributed by atoms with van der Waals surface area (Å²) in [5, 5.41) is 0.972. The second kappa shape index (κ2) is 7.38. The third-order valence-electron chi connectivity index (χ3n) is 3.38. The first-order valence-corrected chi connectivity index (χ1v) is 9.83. The maximum atomic E-state index is 10.9. The highest BCUT2D eigenvalue weighted by Gasteiger charge is 2.21. The molecule has 1 heterocycles. The third kappa shape index (κ3) is 5.83. The SMILES string of the molecule is O=S(=O)(Cl)CCN1CCC(Oc2ccc(Cl)c(Cl)c2)CC1. The van der Waals surface area contributed by atoms with E-state index in [1.165, 1.54) is 0 Å². The molecule has 0 atom stereocenters. The van der Waals surface area contributed by atoms with Crippen molar-refractivity contribution < 1.29 is 13.2 Å². The summed E-state index contributed by atoms with van der Waals surface area (Å²) in [5.74, 6) is 0.679. The minimum absolute atomic E-state index is 0.0210. The molecule has 0 N–H and O–H groups in total. The van der Waals surface area contributed by atoms with E-state index in [1.54, 1.807) is 18.2 Å². The fourth-order valence-corrected chi connectivity index (χ4v) is 3.20. The predicted octanol–water partition coefficient (Wildman–Crippen LogP) is 3.41. The molecule has 0 radical (unpaired) electrons. The van der Waals surface area contributed by atoms with E-state index in [2.05, 4.69) is 4.90 Å². The molecule has 4 nitrogen and oxygen atoms in total. The monoisotopic (exact) mass is 371 g/mol. The standard InChI is InChI=1S/C13H16Cl3NO3S/c14-12-2-1-11(9-13(12)15)20-10-3-5-17(6-4-10)7-8-21(16,18)19/h1-2,9-10H,3-8H2. The normalized spacial score (nSPS) is 17.9. The lowest BCUT2D eigenvalue weighted by Gasteiger charge is -2.31. The van der Waals surface area contributed by atoms with Gasteiger partial charge in [0, 0.05) is 36.4 Å². The summed E-state index contributed by atoms with van der Waals surface area (Å²) in [4.78, 5) is 2.08. The van der Waals surface area contributed by atoms with Crippen LogP contribution in [0.15, 0.2) is 18.2 Å². The molecule has 0 spiro atoms. The summed E-state index contributed by atoms with van der Waals surface area (Å²) in [7, 11) is 1.79. The van der Waals surface area contributed by atoms with Gasteiger partial charge in [0.15, 0.2) is 0 Å². The molecular formula is C13H16Cl3NO3S. The lowest BCUT2D eigenvalue weighted by molar-refractivity contribution is 0.104. The third-order valence-corrected chi connectivity index (χ3v) is 5.25. The number of likely N-dealkylation sites (tertiary alicyclic amines) is 1. The summed E-state index contributed by atoms with van der Waals surface area (Å²) in [5.41, 5.74) is 0. The van der Waals surface area contributed by atoms with E-state index in [-0.39, 0.29) is 11.9 Å². The maximum Gasteiger partial charge on any atom is 0.233 e. The topological polar surface area (TPSA) is 46.6 Å². The molecule has 0 bridgehead atoms. The average molecular weight is 373 g/mol. The van der Waals surface area contributed by atoms with Crippen LogP contribution in [0.5, 0.6) is 5.75 Å². The lowest BCUT2D eigenvalue weighted by atomic mass is 10.1. The van der Waals surface area contributed by atoms with Crippen molar-refractivity contribution in [2.24, 2.45) is 0 Å². The van der Waals surface area contributed by atoms with Crippen LogP contribution in [0.2, 0.25) is 10.0 Å². The Labute approximate surface area is 139 Å². The number of piperidine rings is 1. The molecule has 1 aromatic rings. The van der Waals surface area contributed by atoms with Crippen LogP contribution in [-0.2, 0) is 9.05 Å². The first-order valence-electron chi connectivity index (χ1n) is 6.60. The zero-order chi connectivity index (χ0) is 15.5. The van der Waals surface area contributed by atoms with Gasteiger partial charge in [0.1, 0.15) is 11.9 Å². The van der Waals surface area contributed by atoms with Crippen molar-refractivity contribution in [3.05, 3.63) is 28.2 Å². The van der Waals surface area contributed by atoms with Crippen LogP contribution in [0.25, 0.3) is 0 Å². The minimum Gasteiger partial charge on any atom is -0.490 e. The van der Waals surface area contributed by atoms with Gasteiger partial charge in [0.2, 0.25) is 9.05 Å². The van der Waals surface area contributed by atoms with Crippen molar-refractivity contribution in [3.63, 3.8) is 0 Å². The van der Waals surface area contributed by atoms with Crippen LogP contribution in [0, 0.1) is 0 Å². The molecule has 21 heavy (non-hydrogen) atoms. The summed E-state index contributed by atoms with van der Waals surface area (Å²) in [6.07, 6.45) is 1.77. The Balaban J connectivity index is 1.80. The minimum atomic E-state index is -3.42. The summed E-state index contributed by atoms with van der Waals surface area (Å²) < 4.78 is 27.7. The molecule has 1 aliphatic heterocycles. The fourth-order valence-electron chi connectivity index (χ4n) is 2.23. The first-order chi connectivity index (χ1) is 9.83. The van der Waals surface area contributed by atoms with E-state index in [9.17, 15) is 8.42 Å². The van der Waals surface area contributed by atoms with Gasteiger partial charge in [-0.2, -0.15) is 0 Å². The molecule has 118 valence electrons. The van der Waals surface area contributed by atoms with Gasteiger partial charge in [0.05, 0.1) is 15.8 Å². The van der Waals surface area contributed by atoms with E-state index in [1.807, 2.05) is 0 Å². The highest BCUT2D eigenvalue weighted by atomic mass is 35.7. The second-order valence-corrected chi connectivity index (χ2v) is 8.69. The number of nitrogens with zero attached hydrogens (tertiary/aromatic N) is 1. The van der Waals surface area contributed by atoms with Crippen molar-refractivity contribution in [2.45, 2.75) is 18.9 Å². The number of ether oxygens (including phenoxy) is 1. The Morgan fingerprint density at radius 2 is 1.86 bits per heavy atom. The second-order valence-electron chi connectivity index (χ2n) is 4.98. The Bertz CT molecular complexity index is 586. The van der Waals surface area contributed by atoms with Gasteiger partial charge in [-0.3, -0.25) is 0 Å². The van der Waals surface area contributed by atoms with Gasteiger partial charge >= 0.3 is 0 Å². The van der Waals surface area contributed by atoms with Crippen molar-refractivity contribution >= 4 is 42.9 Å². The molecule has 1 aliphatic rings. The molecule has 1 saturated heterocycles. The maximum absolute atomic E-state index is 10.9. The van der Waals surface area contributed by atoms with E-state index < -0.39 is 9.05 Å². The Kier molecular flexibility index (Phi) is 6.03. The summed E-state index contributed by atoms with van der Waals surface area (Å²) >= 11 is 11.8. The van der Waals surface area contributed by atoms with Crippen LogP contribution in [0.4, 0.5) is 0 Å². The van der Waals surface area contributed by atoms with Gasteiger partial charge < -0.3 is 9.64 Å². The summed E-state index contributed by atoms with van der Waals surface area (Å²) in [6.45, 7) is 2.04. The molecule has 0 unspecified atom stereocenters. The number of rotatable bonds is 5. The van der Waals surface area contributed by atoms with Crippen molar-refractivity contribution in [3.8, 4) is 5.75 Å². The van der Waals surface area contributed by atoms with Crippen LogP contribution >= 0.6 is 33.9 Å². The van der Waals surface area contributed by atoms with E-state index >= 15 is 0 Å². The van der Waals surface area contributed by atoms with Gasteiger partial charge in [-0.25, -0.2) is 8.42 Å². The molecule has 8 heteroatoms. The van der Waals surface area contributed by atoms with Crippen molar-refractivity contribution in [2.75, 3.05) is 25.4 Å². The largest absolute Gasteiger partial charge is 0.490 e. The number of halogens is 3. The highest BCUT2D eigenvalue weighted by molar-refractivity contribution is 8.13. The molecule has 0 amide bonds. The molecule has 0 saturated carbocycles. The smallest absolute Gasteiger partial charge is 0.233 e. The van der Waals surface area contributed by atoms with Crippen LogP contribution in [-0.4, -0.2) is 44.8 Å². The number of benzene rings is 1. The quantitative estimate of drug-likeness (QED) is 0.743. The van der Waals surface area contributed by atoms with Gasteiger partial charge in [-0.05, 0) is 25.0 Å². The van der Waals surface area contributed by atoms with Gasteiger partial charge in [0.25, 0.3) is 0 Å². The van der Waals surface area contributed by atoms with E-state index in [4.69, 9.17) is 38.6 Å². The van der Waals surface area contributed by atoms with Crippen LogP contribution < -0.4 is 4.74 Å². The molecule has 0 aliphatic carbocycles. The van der Waals surface area contributed by atoms with Crippen LogP contribution in [0.1, 0.15) is 12.8 Å². The predicted molar refractivity (Wildman–Crippen MR) is 86.2 cm³/mol. The number of hydrogen-bond donors (Lipinski definition) is 0. The molecule has 1 fully saturated rings. The summed E-state index contributed by atoms with van der Waals surface area (Å²) in [6, 6.07) is 5.21. The van der Waals surface area contributed by atoms with E-state index in [0.717, 1.165) is 25.9 Å². The molecule has 1 aromatic carbocycles. The Morgan fingerprint density at radius 3 is 2.43 bits per heavy atom. The van der Waals surface area contributed by atoms with Crippen molar-refractivity contribution in [1.82, 2.24) is 4.90 Å². The van der Waals surface area contributed by atoms with Gasteiger partial charge in [-0.15, -0.1) is 0 Å². The Morgan fingerprint density at radius 1 is 1.19 bits per heavy atom. The Hall–Kier alpha value is -0.200. The lowest BCUT2D eigenvalue weighted by Crippen LogP contribution is -2.40. The number of hydrogen-bond acceptors (Lipinski definition) is 4. The zero-order valence-electron chi connectivity index (χ0n) is 11.3.